The lowest BCUT2D eigenvalue weighted by molar-refractivity contribution is -0.127. The molecule has 0 aliphatic heterocycles. The first kappa shape index (κ1) is 15.4. The van der Waals surface area contributed by atoms with E-state index < -0.39 is 0 Å². The van der Waals surface area contributed by atoms with Gasteiger partial charge in [0.2, 0.25) is 5.91 Å². The van der Waals surface area contributed by atoms with Crippen LogP contribution in [0.15, 0.2) is 0 Å². The second-order valence-corrected chi connectivity index (χ2v) is 5.73. The highest BCUT2D eigenvalue weighted by molar-refractivity contribution is 7.99. The zero-order valence-electron chi connectivity index (χ0n) is 10.7. The molecule has 16 heavy (non-hydrogen) atoms. The van der Waals surface area contributed by atoms with Crippen LogP contribution in [0.5, 0.6) is 0 Å². The average molecular weight is 246 g/mol. The first-order valence-electron chi connectivity index (χ1n) is 5.32. The molecule has 0 fully saturated rings. The second-order valence-electron chi connectivity index (χ2n) is 4.70. The van der Waals surface area contributed by atoms with Crippen molar-refractivity contribution in [3.8, 4) is 0 Å². The van der Waals surface area contributed by atoms with Crippen LogP contribution in [0.3, 0.4) is 0 Å². The lowest BCUT2D eigenvalue weighted by Gasteiger charge is -2.24. The van der Waals surface area contributed by atoms with Crippen molar-refractivity contribution in [3.63, 3.8) is 0 Å². The van der Waals surface area contributed by atoms with E-state index >= 15 is 0 Å². The van der Waals surface area contributed by atoms with E-state index in [-0.39, 0.29) is 23.1 Å². The Hall–Kier alpha value is -0.550. The molecule has 0 heterocycles. The topological polar surface area (TPSA) is 58.2 Å². The van der Waals surface area contributed by atoms with Gasteiger partial charge in [0.15, 0.2) is 5.78 Å². The number of hydrogen-bond donors (Lipinski definition) is 2. The van der Waals surface area contributed by atoms with E-state index in [2.05, 4.69) is 10.6 Å². The fourth-order valence-electron chi connectivity index (χ4n) is 1.14. The minimum atomic E-state index is -0.331. The van der Waals surface area contributed by atoms with Crippen LogP contribution in [0.2, 0.25) is 0 Å². The summed E-state index contributed by atoms with van der Waals surface area (Å²) < 4.78 is 0. The summed E-state index contributed by atoms with van der Waals surface area (Å²) in [7, 11) is 1.78. The third-order valence-electron chi connectivity index (χ3n) is 2.11. The Bertz CT molecular complexity index is 249. The smallest absolute Gasteiger partial charge is 0.217 e. The maximum absolute atomic E-state index is 12.0. The summed E-state index contributed by atoms with van der Waals surface area (Å²) in [6.45, 7) is 7.23. The van der Waals surface area contributed by atoms with Gasteiger partial charge in [-0.2, -0.15) is 0 Å². The van der Waals surface area contributed by atoms with Crippen LogP contribution in [0.25, 0.3) is 0 Å². The van der Waals surface area contributed by atoms with Crippen molar-refractivity contribution >= 4 is 23.5 Å². The van der Waals surface area contributed by atoms with Gasteiger partial charge in [-0.1, -0.05) is 20.8 Å². The van der Waals surface area contributed by atoms with Gasteiger partial charge in [0.05, 0.1) is 11.9 Å². The van der Waals surface area contributed by atoms with Gasteiger partial charge < -0.3 is 10.6 Å². The van der Waals surface area contributed by atoms with Crippen LogP contribution < -0.4 is 10.6 Å². The van der Waals surface area contributed by atoms with Crippen molar-refractivity contribution in [1.82, 2.24) is 10.6 Å². The Morgan fingerprint density at radius 3 is 2.25 bits per heavy atom. The number of rotatable bonds is 6. The minimum absolute atomic E-state index is 0.0457. The number of nitrogens with one attached hydrogen (secondary N) is 2. The van der Waals surface area contributed by atoms with Gasteiger partial charge >= 0.3 is 0 Å². The van der Waals surface area contributed by atoms with Gasteiger partial charge in [0.1, 0.15) is 0 Å². The van der Waals surface area contributed by atoms with Gasteiger partial charge in [-0.3, -0.25) is 9.59 Å². The predicted octanol–water partition coefficient (Wildman–Crippen LogP) is 1.02. The molecule has 4 nitrogen and oxygen atoms in total. The molecule has 1 atom stereocenters. The molecule has 0 rings (SSSR count). The number of Topliss-reactive ketones (excluding diaryl/α,β-unsaturated/α-hetero) is 1. The number of hydrogen-bond acceptors (Lipinski definition) is 4. The molecule has 0 radical (unpaired) electrons. The summed E-state index contributed by atoms with van der Waals surface area (Å²) >= 11 is 1.54. The van der Waals surface area contributed by atoms with Crippen LogP contribution in [0.1, 0.15) is 27.7 Å². The first-order chi connectivity index (χ1) is 7.29. The fourth-order valence-corrected chi connectivity index (χ4v) is 2.12. The zero-order valence-corrected chi connectivity index (χ0v) is 11.5. The summed E-state index contributed by atoms with van der Waals surface area (Å²) in [6, 6.07) is -0.154. The number of amides is 1. The standard InChI is InChI=1S/C11H22N2O2S/c1-8(14)13-7-16-6-9(12-5)10(15)11(2,3)4/h9,12H,6-7H2,1-5H3,(H,13,14). The molecular weight excluding hydrogens is 224 g/mol. The monoisotopic (exact) mass is 246 g/mol. The summed E-state index contributed by atoms with van der Waals surface area (Å²) in [5.41, 5.74) is -0.331. The highest BCUT2D eigenvalue weighted by Crippen LogP contribution is 2.18. The number of likely N-dealkylation sites (N-methyl/N-ethyl adjacent to an activating group) is 1. The Labute approximate surface area is 102 Å². The lowest BCUT2D eigenvalue weighted by atomic mass is 9.87. The number of thioether (sulfide) groups is 1. The molecule has 2 N–H and O–H groups in total. The van der Waals surface area contributed by atoms with Crippen molar-refractivity contribution < 1.29 is 9.59 Å². The maximum Gasteiger partial charge on any atom is 0.217 e. The third-order valence-corrected chi connectivity index (χ3v) is 3.03. The van der Waals surface area contributed by atoms with E-state index in [0.29, 0.717) is 11.6 Å². The summed E-state index contributed by atoms with van der Waals surface area (Å²) in [5, 5.41) is 5.70. The molecule has 0 aromatic rings. The molecule has 0 saturated carbocycles. The van der Waals surface area contributed by atoms with Crippen molar-refractivity contribution in [3.05, 3.63) is 0 Å². The highest BCUT2D eigenvalue weighted by Gasteiger charge is 2.28. The number of ketones is 1. The molecule has 5 heteroatoms. The SMILES string of the molecule is CNC(CSCNC(C)=O)C(=O)C(C)(C)C. The van der Waals surface area contributed by atoms with Crippen LogP contribution >= 0.6 is 11.8 Å². The van der Waals surface area contributed by atoms with Crippen LogP contribution in [0, 0.1) is 5.41 Å². The molecule has 1 unspecified atom stereocenters. The molecule has 0 spiro atoms. The van der Waals surface area contributed by atoms with Gasteiger partial charge in [0.25, 0.3) is 0 Å². The van der Waals surface area contributed by atoms with Gasteiger partial charge in [0, 0.05) is 18.1 Å². The highest BCUT2D eigenvalue weighted by atomic mass is 32.2. The molecule has 0 aromatic carbocycles. The predicted molar refractivity (Wildman–Crippen MR) is 68.5 cm³/mol. The van der Waals surface area contributed by atoms with Gasteiger partial charge in [-0.15, -0.1) is 11.8 Å². The fraction of sp³-hybridized carbons (Fsp3) is 0.818. The molecule has 1 amide bonds. The summed E-state index contributed by atoms with van der Waals surface area (Å²) in [4.78, 5) is 22.6. The van der Waals surface area contributed by atoms with Crippen molar-refractivity contribution in [2.75, 3.05) is 18.7 Å². The lowest BCUT2D eigenvalue weighted by Crippen LogP contribution is -2.43. The zero-order chi connectivity index (χ0) is 12.8. The third kappa shape index (κ3) is 6.12. The molecule has 0 bridgehead atoms. The van der Waals surface area contributed by atoms with Gasteiger partial charge in [-0.25, -0.2) is 0 Å². The normalized spacial score (nSPS) is 13.3. The molecular formula is C11H22N2O2S. The Balaban J connectivity index is 4.02. The quantitative estimate of drug-likeness (QED) is 0.542. The van der Waals surface area contributed by atoms with E-state index in [0.717, 1.165) is 0 Å². The summed E-state index contributed by atoms with van der Waals surface area (Å²) in [5.74, 6) is 1.37. The van der Waals surface area contributed by atoms with E-state index in [1.807, 2.05) is 20.8 Å². The molecule has 0 aliphatic rings. The van der Waals surface area contributed by atoms with Gasteiger partial charge in [-0.05, 0) is 7.05 Å². The molecule has 94 valence electrons. The second kappa shape index (κ2) is 6.91. The van der Waals surface area contributed by atoms with Crippen LogP contribution in [0.4, 0.5) is 0 Å². The van der Waals surface area contributed by atoms with Crippen LogP contribution in [-0.4, -0.2) is 36.4 Å². The maximum atomic E-state index is 12.0. The van der Waals surface area contributed by atoms with Crippen molar-refractivity contribution in [2.24, 2.45) is 5.41 Å². The van der Waals surface area contributed by atoms with E-state index in [9.17, 15) is 9.59 Å². The molecule has 0 saturated heterocycles. The summed E-state index contributed by atoms with van der Waals surface area (Å²) in [6.07, 6.45) is 0. The van der Waals surface area contributed by atoms with Crippen LogP contribution in [-0.2, 0) is 9.59 Å². The van der Waals surface area contributed by atoms with E-state index in [1.54, 1.807) is 18.8 Å². The van der Waals surface area contributed by atoms with E-state index in [1.165, 1.54) is 6.92 Å². The first-order valence-corrected chi connectivity index (χ1v) is 6.48. The molecule has 0 aromatic heterocycles. The average Bonchev–Trinajstić information content (AvgIpc) is 2.15. The minimum Gasteiger partial charge on any atom is -0.347 e. The van der Waals surface area contributed by atoms with Crippen molar-refractivity contribution in [2.45, 2.75) is 33.7 Å². The number of carbonyl (C=O) groups excluding carboxylic acids is 2. The molecule has 0 aliphatic carbocycles. The van der Waals surface area contributed by atoms with E-state index in [4.69, 9.17) is 0 Å². The Morgan fingerprint density at radius 1 is 1.31 bits per heavy atom. The number of carbonyl (C=O) groups is 2. The van der Waals surface area contributed by atoms with Crippen molar-refractivity contribution in [1.29, 1.82) is 0 Å². The largest absolute Gasteiger partial charge is 0.347 e. The Kier molecular flexibility index (Phi) is 6.67. The Morgan fingerprint density at radius 2 is 1.88 bits per heavy atom.